The molecule has 0 spiro atoms. The van der Waals surface area contributed by atoms with Crippen LogP contribution in [0.25, 0.3) is 22.8 Å². The Balaban J connectivity index is 1.81. The van der Waals surface area contributed by atoms with Crippen LogP contribution in [-0.4, -0.2) is 46.0 Å². The number of hydrogen-bond acceptors (Lipinski definition) is 7. The molecule has 1 heterocycles. The summed E-state index contributed by atoms with van der Waals surface area (Å²) in [5.74, 6) is 3.28. The van der Waals surface area contributed by atoms with E-state index in [-0.39, 0.29) is 6.61 Å². The standard InChI is InChI=1S/C27H35N3O4/c1-4-7-15-32-23-13-14-24(25(17-23)33-16-8-5-2)27-29-19-28-26(30-27)20-9-11-22(12-10-20)34-18-21(31)6-3/h9-14,17,19,21,31H,4-8,15-16,18H2,1-3H3. The Bertz CT molecular complexity index is 1010. The van der Waals surface area contributed by atoms with Gasteiger partial charge < -0.3 is 19.3 Å². The molecule has 1 aromatic heterocycles. The summed E-state index contributed by atoms with van der Waals surface area (Å²) in [6.45, 7) is 7.76. The van der Waals surface area contributed by atoms with Gasteiger partial charge in [-0.25, -0.2) is 15.0 Å². The van der Waals surface area contributed by atoms with Gasteiger partial charge in [0.2, 0.25) is 0 Å². The topological polar surface area (TPSA) is 86.6 Å². The summed E-state index contributed by atoms with van der Waals surface area (Å²) in [5, 5.41) is 9.68. The number of rotatable bonds is 14. The molecular formula is C27H35N3O4. The molecular weight excluding hydrogens is 430 g/mol. The van der Waals surface area contributed by atoms with Crippen molar-refractivity contribution in [3.05, 3.63) is 48.8 Å². The SMILES string of the molecule is CCCCOc1ccc(-c2ncnc(-c3ccc(OCC(O)CC)cc3)n2)c(OCCCC)c1. The lowest BCUT2D eigenvalue weighted by Crippen LogP contribution is -2.15. The van der Waals surface area contributed by atoms with Crippen molar-refractivity contribution in [1.29, 1.82) is 0 Å². The molecule has 0 saturated heterocycles. The summed E-state index contributed by atoms with van der Waals surface area (Å²) in [4.78, 5) is 13.5. The van der Waals surface area contributed by atoms with E-state index in [0.717, 1.165) is 42.6 Å². The number of hydrogen-bond donors (Lipinski definition) is 1. The first-order valence-corrected chi connectivity index (χ1v) is 12.1. The molecule has 0 aliphatic carbocycles. The Kier molecular flexibility index (Phi) is 10.1. The van der Waals surface area contributed by atoms with E-state index in [1.54, 1.807) is 0 Å². The zero-order valence-corrected chi connectivity index (χ0v) is 20.4. The van der Waals surface area contributed by atoms with Gasteiger partial charge in [-0.05, 0) is 55.7 Å². The molecule has 7 heteroatoms. The number of nitrogens with zero attached hydrogens (tertiary/aromatic N) is 3. The number of ether oxygens (including phenoxy) is 3. The highest BCUT2D eigenvalue weighted by Crippen LogP contribution is 2.32. The van der Waals surface area contributed by atoms with Gasteiger partial charge in [-0.1, -0.05) is 33.6 Å². The molecule has 0 radical (unpaired) electrons. The maximum atomic E-state index is 9.68. The van der Waals surface area contributed by atoms with Crippen LogP contribution in [0.1, 0.15) is 52.9 Å². The van der Waals surface area contributed by atoms with Crippen molar-refractivity contribution in [2.75, 3.05) is 19.8 Å². The molecule has 3 rings (SSSR count). The fraction of sp³-hybridized carbons (Fsp3) is 0.444. The fourth-order valence-corrected chi connectivity index (χ4v) is 3.13. The third-order valence-corrected chi connectivity index (χ3v) is 5.31. The minimum Gasteiger partial charge on any atom is -0.493 e. The van der Waals surface area contributed by atoms with Crippen LogP contribution in [0.15, 0.2) is 48.8 Å². The van der Waals surface area contributed by atoms with E-state index in [2.05, 4.69) is 23.8 Å². The fourth-order valence-electron chi connectivity index (χ4n) is 3.13. The Morgan fingerprint density at radius 3 is 2.18 bits per heavy atom. The van der Waals surface area contributed by atoms with Gasteiger partial charge in [0.05, 0.1) is 24.9 Å². The normalized spacial score (nSPS) is 11.8. The molecule has 2 aromatic carbocycles. The first-order valence-electron chi connectivity index (χ1n) is 12.1. The zero-order chi connectivity index (χ0) is 24.2. The molecule has 1 N–H and O–H groups in total. The van der Waals surface area contributed by atoms with E-state index in [1.165, 1.54) is 6.33 Å². The van der Waals surface area contributed by atoms with E-state index in [4.69, 9.17) is 19.2 Å². The minimum atomic E-state index is -0.470. The maximum absolute atomic E-state index is 9.68. The van der Waals surface area contributed by atoms with E-state index < -0.39 is 6.10 Å². The van der Waals surface area contributed by atoms with Crippen molar-refractivity contribution in [3.63, 3.8) is 0 Å². The van der Waals surface area contributed by atoms with Crippen LogP contribution in [-0.2, 0) is 0 Å². The van der Waals surface area contributed by atoms with Gasteiger partial charge in [-0.15, -0.1) is 0 Å². The van der Waals surface area contributed by atoms with Gasteiger partial charge in [-0.2, -0.15) is 0 Å². The highest BCUT2D eigenvalue weighted by molar-refractivity contribution is 5.67. The van der Waals surface area contributed by atoms with E-state index in [0.29, 0.717) is 42.8 Å². The van der Waals surface area contributed by atoms with Crippen LogP contribution < -0.4 is 14.2 Å². The molecule has 0 aliphatic heterocycles. The molecule has 34 heavy (non-hydrogen) atoms. The second kappa shape index (κ2) is 13.5. The smallest absolute Gasteiger partial charge is 0.167 e. The summed E-state index contributed by atoms with van der Waals surface area (Å²) < 4.78 is 17.6. The molecule has 0 amide bonds. The number of aliphatic hydroxyl groups is 1. The highest BCUT2D eigenvalue weighted by Gasteiger charge is 2.14. The Morgan fingerprint density at radius 1 is 0.794 bits per heavy atom. The summed E-state index contributed by atoms with van der Waals surface area (Å²) in [6, 6.07) is 13.3. The predicted octanol–water partition coefficient (Wildman–Crippen LogP) is 5.71. The van der Waals surface area contributed by atoms with Crippen molar-refractivity contribution < 1.29 is 19.3 Å². The second-order valence-electron chi connectivity index (χ2n) is 8.09. The molecule has 1 atom stereocenters. The molecule has 0 saturated carbocycles. The average Bonchev–Trinajstić information content (AvgIpc) is 2.88. The van der Waals surface area contributed by atoms with Crippen LogP contribution in [0.4, 0.5) is 0 Å². The summed E-state index contributed by atoms with van der Waals surface area (Å²) in [7, 11) is 0. The third kappa shape index (κ3) is 7.42. The van der Waals surface area contributed by atoms with Gasteiger partial charge in [-0.3, -0.25) is 0 Å². The number of benzene rings is 2. The molecule has 3 aromatic rings. The molecule has 1 unspecified atom stereocenters. The van der Waals surface area contributed by atoms with Gasteiger partial charge >= 0.3 is 0 Å². The largest absolute Gasteiger partial charge is 0.493 e. The molecule has 0 fully saturated rings. The maximum Gasteiger partial charge on any atom is 0.167 e. The van der Waals surface area contributed by atoms with Crippen LogP contribution >= 0.6 is 0 Å². The van der Waals surface area contributed by atoms with Gasteiger partial charge in [0.1, 0.15) is 30.2 Å². The van der Waals surface area contributed by atoms with Crippen LogP contribution in [0, 0.1) is 0 Å². The number of unbranched alkanes of at least 4 members (excludes halogenated alkanes) is 2. The quantitative estimate of drug-likeness (QED) is 0.305. The van der Waals surface area contributed by atoms with Crippen molar-refractivity contribution in [2.45, 2.75) is 59.0 Å². The van der Waals surface area contributed by atoms with Crippen LogP contribution in [0.2, 0.25) is 0 Å². The Labute approximate surface area is 202 Å². The van der Waals surface area contributed by atoms with Gasteiger partial charge in [0.15, 0.2) is 11.6 Å². The highest BCUT2D eigenvalue weighted by atomic mass is 16.5. The first-order chi connectivity index (χ1) is 16.6. The van der Waals surface area contributed by atoms with Crippen LogP contribution in [0.5, 0.6) is 17.2 Å². The van der Waals surface area contributed by atoms with Crippen molar-refractivity contribution in [2.24, 2.45) is 0 Å². The van der Waals surface area contributed by atoms with Crippen molar-refractivity contribution in [1.82, 2.24) is 15.0 Å². The van der Waals surface area contributed by atoms with Crippen molar-refractivity contribution in [3.8, 4) is 40.0 Å². The van der Waals surface area contributed by atoms with Gasteiger partial charge in [0.25, 0.3) is 0 Å². The molecule has 182 valence electrons. The summed E-state index contributed by atoms with van der Waals surface area (Å²) in [5.41, 5.74) is 1.65. The predicted molar refractivity (Wildman–Crippen MR) is 133 cm³/mol. The number of aliphatic hydroxyl groups excluding tert-OH is 1. The second-order valence-corrected chi connectivity index (χ2v) is 8.09. The van der Waals surface area contributed by atoms with Gasteiger partial charge in [0, 0.05) is 11.6 Å². The lowest BCUT2D eigenvalue weighted by molar-refractivity contribution is 0.104. The lowest BCUT2D eigenvalue weighted by Gasteiger charge is -2.14. The van der Waals surface area contributed by atoms with Crippen LogP contribution in [0.3, 0.4) is 0 Å². The molecule has 7 nitrogen and oxygen atoms in total. The van der Waals surface area contributed by atoms with E-state index in [9.17, 15) is 5.11 Å². The summed E-state index contributed by atoms with van der Waals surface area (Å²) >= 11 is 0. The first kappa shape index (κ1) is 25.4. The minimum absolute atomic E-state index is 0.269. The summed E-state index contributed by atoms with van der Waals surface area (Å²) in [6.07, 6.45) is 5.81. The van der Waals surface area contributed by atoms with Crippen molar-refractivity contribution >= 4 is 0 Å². The van der Waals surface area contributed by atoms with E-state index in [1.807, 2.05) is 49.4 Å². The third-order valence-electron chi connectivity index (χ3n) is 5.31. The lowest BCUT2D eigenvalue weighted by atomic mass is 10.1. The molecule has 0 bridgehead atoms. The number of aromatic nitrogens is 3. The van der Waals surface area contributed by atoms with E-state index >= 15 is 0 Å². The average molecular weight is 466 g/mol. The monoisotopic (exact) mass is 465 g/mol. The zero-order valence-electron chi connectivity index (χ0n) is 20.4. The Morgan fingerprint density at radius 2 is 1.47 bits per heavy atom. The molecule has 0 aliphatic rings. The Hall–Kier alpha value is -3.19.